The zero-order valence-electron chi connectivity index (χ0n) is 9.05. The fourth-order valence-corrected chi connectivity index (χ4v) is 17.2. The van der Waals surface area contributed by atoms with Gasteiger partial charge in [0.15, 0.2) is 0 Å². The highest BCUT2D eigenvalue weighted by Crippen LogP contribution is 2.41. The first-order valence-electron chi connectivity index (χ1n) is 4.64. The summed E-state index contributed by atoms with van der Waals surface area (Å²) in [4.78, 5) is 21.6. The van der Waals surface area contributed by atoms with Gasteiger partial charge in [0.25, 0.3) is 28.6 Å². The van der Waals surface area contributed by atoms with E-state index in [0.717, 1.165) is 11.3 Å². The van der Waals surface area contributed by atoms with Gasteiger partial charge in [-0.05, 0) is 13.1 Å². The Kier molecular flexibility index (Phi) is 2.87. The molecule has 0 unspecified atom stereocenters. The molecule has 1 saturated heterocycles. The third-order valence-electron chi connectivity index (χ3n) is 2.28. The van der Waals surface area contributed by atoms with Gasteiger partial charge < -0.3 is 8.85 Å². The third kappa shape index (κ3) is 2.68. The van der Waals surface area contributed by atoms with Crippen molar-refractivity contribution in [2.45, 2.75) is 38.3 Å². The van der Waals surface area contributed by atoms with Gasteiger partial charge in [0, 0.05) is 25.2 Å². The van der Waals surface area contributed by atoms with Crippen LogP contribution in [0.1, 0.15) is 13.8 Å². The number of hydrogen-bond acceptors (Lipinski definition) is 4. The van der Waals surface area contributed by atoms with Crippen molar-refractivity contribution in [3.8, 4) is 0 Å². The van der Waals surface area contributed by atoms with Crippen LogP contribution in [-0.2, 0) is 18.4 Å². The predicted octanol–water partition coefficient (Wildman–Crippen LogP) is 1.36. The van der Waals surface area contributed by atoms with E-state index in [4.69, 9.17) is 8.85 Å². The average Bonchev–Trinajstić information content (AvgIpc) is 1.76. The summed E-state index contributed by atoms with van der Waals surface area (Å²) >= 11 is 0. The summed E-state index contributed by atoms with van der Waals surface area (Å²) in [7, 11) is -3.65. The van der Waals surface area contributed by atoms with Gasteiger partial charge >= 0.3 is 0 Å². The number of carbonyl (C=O) groups excluding carboxylic acids is 2. The number of carbonyl (C=O) groups is 2. The molecule has 1 heterocycles. The molecule has 0 aromatic rings. The smallest absolute Gasteiger partial charge is 0.289 e. The molecule has 0 saturated carbocycles. The molecule has 0 aromatic carbocycles. The van der Waals surface area contributed by atoms with E-state index >= 15 is 0 Å². The largest absolute Gasteiger partial charge is 0.520 e. The lowest BCUT2D eigenvalue weighted by molar-refractivity contribution is -0.132. The Hall–Kier alpha value is -0.626. The maximum atomic E-state index is 10.8. The van der Waals surface area contributed by atoms with Gasteiger partial charge in [-0.2, -0.15) is 0 Å². The fourth-order valence-electron chi connectivity index (χ4n) is 2.37. The Morgan fingerprint density at radius 2 is 1.21 bits per heavy atom. The Labute approximate surface area is 85.8 Å². The van der Waals surface area contributed by atoms with E-state index in [1.54, 1.807) is 0 Å². The quantitative estimate of drug-likeness (QED) is 0.675. The van der Waals surface area contributed by atoms with Crippen LogP contribution in [-0.4, -0.2) is 28.6 Å². The second-order valence-corrected chi connectivity index (χ2v) is 13.5. The van der Waals surface area contributed by atoms with Gasteiger partial charge in [-0.15, -0.1) is 0 Å². The molecular weight excluding hydrogens is 216 g/mol. The third-order valence-corrected chi connectivity index (χ3v) is 15.8. The minimum atomic E-state index is -1.83. The fraction of sp³-hybridized carbons (Fsp3) is 0.750. The van der Waals surface area contributed by atoms with Crippen LogP contribution in [0, 0.1) is 0 Å². The van der Waals surface area contributed by atoms with Crippen LogP contribution in [0.2, 0.25) is 24.4 Å². The summed E-state index contributed by atoms with van der Waals surface area (Å²) < 4.78 is 10.6. The summed E-state index contributed by atoms with van der Waals surface area (Å²) in [6.45, 7) is 6.90. The standard InChI is InChI=1S/C8H16O4Si2/c1-7(9)11-13(3)5-14(4,6-13)12-8(2)10/h5-6H2,1-4H3. The van der Waals surface area contributed by atoms with Gasteiger partial charge in [-0.3, -0.25) is 9.59 Å². The molecule has 1 rings (SSSR count). The maximum Gasteiger partial charge on any atom is 0.289 e. The van der Waals surface area contributed by atoms with Crippen molar-refractivity contribution in [2.75, 3.05) is 0 Å². The zero-order chi connectivity index (χ0) is 11.0. The minimum Gasteiger partial charge on any atom is -0.520 e. The minimum absolute atomic E-state index is 0.210. The molecule has 0 N–H and O–H groups in total. The van der Waals surface area contributed by atoms with Gasteiger partial charge in [0.05, 0.1) is 0 Å². The molecule has 0 atom stereocenters. The summed E-state index contributed by atoms with van der Waals surface area (Å²) in [6.07, 6.45) is 0. The van der Waals surface area contributed by atoms with Crippen molar-refractivity contribution in [1.29, 1.82) is 0 Å². The lowest BCUT2D eigenvalue weighted by atomic mass is 10.9. The summed E-state index contributed by atoms with van der Waals surface area (Å²) in [5.41, 5.74) is 1.69. The van der Waals surface area contributed by atoms with E-state index in [9.17, 15) is 9.59 Å². The van der Waals surface area contributed by atoms with Gasteiger partial charge in [-0.25, -0.2) is 0 Å². The van der Waals surface area contributed by atoms with Crippen molar-refractivity contribution in [2.24, 2.45) is 0 Å². The van der Waals surface area contributed by atoms with Crippen LogP contribution in [0.15, 0.2) is 0 Å². The Morgan fingerprint density at radius 1 is 0.929 bits per heavy atom. The molecule has 0 spiro atoms. The highest BCUT2D eigenvalue weighted by atomic mass is 28.5. The zero-order valence-corrected chi connectivity index (χ0v) is 11.0. The van der Waals surface area contributed by atoms with E-state index in [0.29, 0.717) is 0 Å². The first-order chi connectivity index (χ1) is 6.25. The molecule has 0 radical (unpaired) electrons. The summed E-state index contributed by atoms with van der Waals surface area (Å²) in [5.74, 6) is -0.420. The molecule has 6 heteroatoms. The summed E-state index contributed by atoms with van der Waals surface area (Å²) in [6, 6.07) is 0. The molecular formula is C8H16O4Si2. The Bertz CT molecular complexity index is 245. The highest BCUT2D eigenvalue weighted by molar-refractivity contribution is 7.08. The van der Waals surface area contributed by atoms with E-state index in [2.05, 4.69) is 0 Å². The second-order valence-electron chi connectivity index (χ2n) is 4.44. The Balaban J connectivity index is 2.48. The van der Waals surface area contributed by atoms with Gasteiger partial charge in [-0.1, -0.05) is 0 Å². The molecule has 14 heavy (non-hydrogen) atoms. The van der Waals surface area contributed by atoms with E-state index in [-0.39, 0.29) is 11.9 Å². The molecule has 0 amide bonds. The topological polar surface area (TPSA) is 52.6 Å². The van der Waals surface area contributed by atoms with Crippen molar-refractivity contribution >= 4 is 28.6 Å². The monoisotopic (exact) mass is 232 g/mol. The normalized spacial score (nSPS) is 35.7. The van der Waals surface area contributed by atoms with E-state index in [1.165, 1.54) is 13.8 Å². The molecule has 0 aliphatic carbocycles. The highest BCUT2D eigenvalue weighted by Gasteiger charge is 2.59. The maximum absolute atomic E-state index is 10.8. The number of rotatable bonds is 2. The lowest BCUT2D eigenvalue weighted by Crippen LogP contribution is -2.63. The molecule has 1 aliphatic heterocycles. The van der Waals surface area contributed by atoms with Gasteiger partial charge in [0.1, 0.15) is 0 Å². The summed E-state index contributed by atoms with van der Waals surface area (Å²) in [5, 5.41) is 0. The number of hydrogen-bond donors (Lipinski definition) is 0. The van der Waals surface area contributed by atoms with Crippen molar-refractivity contribution < 1.29 is 18.4 Å². The molecule has 1 aliphatic rings. The van der Waals surface area contributed by atoms with Gasteiger partial charge in [0.2, 0.25) is 0 Å². The van der Waals surface area contributed by atoms with Crippen molar-refractivity contribution in [1.82, 2.24) is 0 Å². The SMILES string of the molecule is CC(=O)O[Si]1(C)C[Si](C)(OC(C)=O)C1. The average molecular weight is 232 g/mol. The van der Waals surface area contributed by atoms with Crippen LogP contribution in [0.3, 0.4) is 0 Å². The van der Waals surface area contributed by atoms with E-state index < -0.39 is 16.6 Å². The van der Waals surface area contributed by atoms with Crippen molar-refractivity contribution in [3.63, 3.8) is 0 Å². The molecule has 0 aromatic heterocycles. The first-order valence-corrected chi connectivity index (χ1v) is 10.3. The molecule has 80 valence electrons. The van der Waals surface area contributed by atoms with Crippen LogP contribution in [0.5, 0.6) is 0 Å². The molecule has 0 bridgehead atoms. The first kappa shape index (κ1) is 11.4. The van der Waals surface area contributed by atoms with Crippen molar-refractivity contribution in [3.05, 3.63) is 0 Å². The lowest BCUT2D eigenvalue weighted by Gasteiger charge is -2.46. The Morgan fingerprint density at radius 3 is 1.43 bits per heavy atom. The van der Waals surface area contributed by atoms with Crippen LogP contribution in [0.25, 0.3) is 0 Å². The predicted molar refractivity (Wildman–Crippen MR) is 56.4 cm³/mol. The second kappa shape index (κ2) is 3.50. The van der Waals surface area contributed by atoms with Crippen LogP contribution >= 0.6 is 0 Å². The molecule has 4 nitrogen and oxygen atoms in total. The molecule has 1 fully saturated rings. The van der Waals surface area contributed by atoms with E-state index in [1.807, 2.05) is 13.1 Å². The van der Waals surface area contributed by atoms with Crippen LogP contribution in [0.4, 0.5) is 0 Å². The van der Waals surface area contributed by atoms with Crippen LogP contribution < -0.4 is 0 Å².